The monoisotopic (exact) mass is 423 g/mol. The minimum Gasteiger partial charge on any atom is -0.486 e. The van der Waals surface area contributed by atoms with Gasteiger partial charge in [-0.15, -0.1) is 0 Å². The lowest BCUT2D eigenvalue weighted by molar-refractivity contribution is -0.119. The summed E-state index contributed by atoms with van der Waals surface area (Å²) in [7, 11) is 0. The first-order valence-corrected chi connectivity index (χ1v) is 11.0. The largest absolute Gasteiger partial charge is 0.486 e. The number of ether oxygens (including phenoxy) is 2. The van der Waals surface area contributed by atoms with Crippen LogP contribution in [-0.2, 0) is 11.2 Å². The zero-order valence-corrected chi connectivity index (χ0v) is 17.9. The van der Waals surface area contributed by atoms with E-state index in [0.717, 1.165) is 40.0 Å². The molecule has 1 aliphatic rings. The lowest BCUT2D eigenvalue weighted by Gasteiger charge is -2.21. The maximum Gasteiger partial charge on any atom is 0.230 e. The second-order valence-corrected chi connectivity index (χ2v) is 8.22. The summed E-state index contributed by atoms with van der Waals surface area (Å²) >= 11 is 1.41. The summed E-state index contributed by atoms with van der Waals surface area (Å²) in [5, 5.41) is 3.80. The Bertz CT molecular complexity index is 1020. The molecule has 6 nitrogen and oxygen atoms in total. The number of aryl methyl sites for hydroxylation is 1. The van der Waals surface area contributed by atoms with Crippen LogP contribution in [0.2, 0.25) is 0 Å². The summed E-state index contributed by atoms with van der Waals surface area (Å²) in [5.74, 6) is 1.73. The van der Waals surface area contributed by atoms with Gasteiger partial charge in [-0.25, -0.2) is 4.98 Å². The van der Waals surface area contributed by atoms with E-state index in [0.29, 0.717) is 19.0 Å². The number of benzene rings is 2. The Kier molecular flexibility index (Phi) is 6.28. The molecular weight excluding hydrogens is 398 g/mol. The zero-order chi connectivity index (χ0) is 20.9. The Balaban J connectivity index is 1.31. The number of thioether (sulfide) groups is 1. The Morgan fingerprint density at radius 3 is 2.73 bits per heavy atom. The van der Waals surface area contributed by atoms with Gasteiger partial charge in [-0.2, -0.15) is 0 Å². The van der Waals surface area contributed by atoms with E-state index in [1.165, 1.54) is 17.3 Å². The highest BCUT2D eigenvalue weighted by Crippen LogP contribution is 2.32. The summed E-state index contributed by atoms with van der Waals surface area (Å²) in [6.07, 6.45) is 0.775. The molecule has 2 N–H and O–H groups in total. The smallest absolute Gasteiger partial charge is 0.230 e. The number of carbonyl (C=O) groups excluding carboxylic acids is 1. The van der Waals surface area contributed by atoms with Gasteiger partial charge in [-0.3, -0.25) is 4.79 Å². The van der Waals surface area contributed by atoms with Crippen molar-refractivity contribution in [1.29, 1.82) is 0 Å². The first kappa shape index (κ1) is 20.3. The summed E-state index contributed by atoms with van der Waals surface area (Å²) < 4.78 is 11.2. The molecule has 30 heavy (non-hydrogen) atoms. The molecule has 4 rings (SSSR count). The third-order valence-electron chi connectivity index (χ3n) is 4.96. The van der Waals surface area contributed by atoms with E-state index in [1.807, 2.05) is 50.2 Å². The molecule has 0 fully saturated rings. The zero-order valence-electron chi connectivity index (χ0n) is 17.1. The number of aromatic nitrogens is 2. The number of nitrogens with zero attached hydrogens (tertiary/aromatic N) is 1. The van der Waals surface area contributed by atoms with Crippen molar-refractivity contribution in [3.05, 3.63) is 71.0 Å². The maximum absolute atomic E-state index is 12.4. The molecule has 0 radical (unpaired) electrons. The number of hydrogen-bond acceptors (Lipinski definition) is 5. The predicted molar refractivity (Wildman–Crippen MR) is 117 cm³/mol. The molecular formula is C23H25N3O3S. The Labute approximate surface area is 180 Å². The summed E-state index contributed by atoms with van der Waals surface area (Å²) in [4.78, 5) is 20.4. The van der Waals surface area contributed by atoms with E-state index in [2.05, 4.69) is 27.4 Å². The van der Waals surface area contributed by atoms with Gasteiger partial charge >= 0.3 is 0 Å². The average Bonchev–Trinajstić information content (AvgIpc) is 3.11. The second-order valence-electron chi connectivity index (χ2n) is 7.26. The quantitative estimate of drug-likeness (QED) is 0.561. The molecule has 156 valence electrons. The van der Waals surface area contributed by atoms with Crippen LogP contribution in [0.3, 0.4) is 0 Å². The van der Waals surface area contributed by atoms with E-state index in [9.17, 15) is 4.79 Å². The molecule has 1 atom stereocenters. The van der Waals surface area contributed by atoms with E-state index in [4.69, 9.17) is 9.47 Å². The van der Waals surface area contributed by atoms with Crippen molar-refractivity contribution in [3.8, 4) is 11.5 Å². The molecule has 7 heteroatoms. The second kappa shape index (κ2) is 9.26. The van der Waals surface area contributed by atoms with E-state index < -0.39 is 0 Å². The van der Waals surface area contributed by atoms with E-state index >= 15 is 0 Å². The minimum absolute atomic E-state index is 0.0407. The van der Waals surface area contributed by atoms with Crippen LogP contribution in [0.15, 0.2) is 53.7 Å². The number of hydrogen-bond donors (Lipinski definition) is 2. The molecule has 3 aromatic rings. The van der Waals surface area contributed by atoms with Gasteiger partial charge in [0, 0.05) is 12.1 Å². The predicted octanol–water partition coefficient (Wildman–Crippen LogP) is 4.05. The minimum atomic E-state index is -0.124. The molecule has 2 aromatic carbocycles. The van der Waals surface area contributed by atoms with Crippen LogP contribution in [0, 0.1) is 6.92 Å². The molecule has 2 heterocycles. The van der Waals surface area contributed by atoms with Gasteiger partial charge in [0.15, 0.2) is 16.7 Å². The Morgan fingerprint density at radius 1 is 1.17 bits per heavy atom. The number of fused-ring (bicyclic) bond motifs is 1. The van der Waals surface area contributed by atoms with Gasteiger partial charge in [0.1, 0.15) is 13.2 Å². The molecule has 1 amide bonds. The highest BCUT2D eigenvalue weighted by atomic mass is 32.2. The fourth-order valence-corrected chi connectivity index (χ4v) is 4.08. The van der Waals surface area contributed by atoms with Gasteiger partial charge < -0.3 is 19.8 Å². The van der Waals surface area contributed by atoms with Gasteiger partial charge in [0.2, 0.25) is 5.91 Å². The van der Waals surface area contributed by atoms with Gasteiger partial charge in [-0.05, 0) is 37.1 Å². The molecule has 0 aliphatic carbocycles. The number of H-pyrrole nitrogens is 1. The lowest BCUT2D eigenvalue weighted by atomic mass is 10.1. The van der Waals surface area contributed by atoms with Gasteiger partial charge in [0.25, 0.3) is 0 Å². The Hall–Kier alpha value is -2.93. The third kappa shape index (κ3) is 4.97. The van der Waals surface area contributed by atoms with Crippen molar-refractivity contribution in [2.24, 2.45) is 0 Å². The molecule has 1 aromatic heterocycles. The normalized spacial score (nSPS) is 13.7. The van der Waals surface area contributed by atoms with Crippen LogP contribution in [0.5, 0.6) is 11.5 Å². The number of carbonyl (C=O) groups is 1. The standard InChI is InChI=1S/C23H25N3O3S/c1-15(18-8-9-20-21(13-18)29-11-10-28-20)24-22(27)14-30-23-25-16(2)19(26-23)12-17-6-4-3-5-7-17/h3-9,13,15H,10-12,14H2,1-2H3,(H,24,27)(H,25,26). The van der Waals surface area contributed by atoms with Gasteiger partial charge in [0.05, 0.1) is 17.5 Å². The highest BCUT2D eigenvalue weighted by Gasteiger charge is 2.16. The van der Waals surface area contributed by atoms with Crippen molar-refractivity contribution in [1.82, 2.24) is 15.3 Å². The molecule has 0 spiro atoms. The number of amides is 1. The number of aromatic amines is 1. The van der Waals surface area contributed by atoms with Crippen molar-refractivity contribution < 1.29 is 14.3 Å². The Morgan fingerprint density at radius 2 is 1.93 bits per heavy atom. The van der Waals surface area contributed by atoms with Gasteiger partial charge in [-0.1, -0.05) is 48.2 Å². The van der Waals surface area contributed by atoms with Crippen LogP contribution in [0.4, 0.5) is 0 Å². The molecule has 0 saturated heterocycles. The van der Waals surface area contributed by atoms with Crippen LogP contribution in [0.1, 0.15) is 35.5 Å². The fourth-order valence-electron chi connectivity index (χ4n) is 3.33. The first-order chi connectivity index (χ1) is 14.6. The van der Waals surface area contributed by atoms with E-state index in [1.54, 1.807) is 0 Å². The number of rotatable bonds is 7. The fraction of sp³-hybridized carbons (Fsp3) is 0.304. The van der Waals surface area contributed by atoms with Crippen molar-refractivity contribution in [2.45, 2.75) is 31.5 Å². The van der Waals surface area contributed by atoms with Crippen LogP contribution >= 0.6 is 11.8 Å². The topological polar surface area (TPSA) is 76.2 Å². The maximum atomic E-state index is 12.4. The molecule has 1 aliphatic heterocycles. The third-order valence-corrected chi connectivity index (χ3v) is 5.84. The molecule has 0 saturated carbocycles. The summed E-state index contributed by atoms with van der Waals surface area (Å²) in [6.45, 7) is 5.08. The molecule has 0 bridgehead atoms. The number of nitrogens with one attached hydrogen (secondary N) is 2. The molecule has 1 unspecified atom stereocenters. The average molecular weight is 424 g/mol. The van der Waals surface area contributed by atoms with Crippen LogP contribution < -0.4 is 14.8 Å². The summed E-state index contributed by atoms with van der Waals surface area (Å²) in [5.41, 5.74) is 4.24. The van der Waals surface area contributed by atoms with Crippen molar-refractivity contribution >= 4 is 17.7 Å². The summed E-state index contributed by atoms with van der Waals surface area (Å²) in [6, 6.07) is 15.9. The van der Waals surface area contributed by atoms with Crippen LogP contribution in [0.25, 0.3) is 0 Å². The lowest BCUT2D eigenvalue weighted by Crippen LogP contribution is -2.28. The number of imidazole rings is 1. The van der Waals surface area contributed by atoms with Crippen molar-refractivity contribution in [2.75, 3.05) is 19.0 Å². The van der Waals surface area contributed by atoms with Crippen molar-refractivity contribution in [3.63, 3.8) is 0 Å². The first-order valence-electron chi connectivity index (χ1n) is 9.99. The highest BCUT2D eigenvalue weighted by molar-refractivity contribution is 7.99. The SMILES string of the molecule is Cc1[nH]c(SCC(=O)NC(C)c2ccc3c(c2)OCCO3)nc1Cc1ccccc1. The van der Waals surface area contributed by atoms with E-state index in [-0.39, 0.29) is 11.9 Å². The van der Waals surface area contributed by atoms with Crippen LogP contribution in [-0.4, -0.2) is 34.8 Å².